The van der Waals surface area contributed by atoms with Crippen LogP contribution in [-0.4, -0.2) is 22.1 Å². The van der Waals surface area contributed by atoms with Gasteiger partial charge in [0, 0.05) is 6.54 Å². The minimum Gasteiger partial charge on any atom is -0.497 e. The van der Waals surface area contributed by atoms with E-state index in [1.54, 1.807) is 24.3 Å². The quantitative estimate of drug-likeness (QED) is 0.914. The van der Waals surface area contributed by atoms with Crippen molar-refractivity contribution in [3.8, 4) is 5.75 Å². The highest BCUT2D eigenvalue weighted by molar-refractivity contribution is 7.91. The van der Waals surface area contributed by atoms with E-state index in [2.05, 4.69) is 0 Å². The van der Waals surface area contributed by atoms with Gasteiger partial charge in [0.25, 0.3) is 0 Å². The molecule has 0 saturated heterocycles. The first kappa shape index (κ1) is 16.6. The Hall–Kier alpha value is -1.50. The average molecular weight is 318 g/mol. The number of nitrogens with two attached hydrogens (primary N) is 1. The van der Waals surface area contributed by atoms with Crippen LogP contribution in [0.15, 0.2) is 52.0 Å². The van der Waals surface area contributed by atoms with Crippen LogP contribution in [0.4, 0.5) is 0 Å². The Bertz CT molecular complexity index is 623. The summed E-state index contributed by atoms with van der Waals surface area (Å²) in [6, 6.07) is 9.45. The van der Waals surface area contributed by atoms with Crippen LogP contribution in [0, 0.1) is 0 Å². The van der Waals surface area contributed by atoms with Crippen molar-refractivity contribution < 1.29 is 17.6 Å². The second-order valence-corrected chi connectivity index (χ2v) is 6.09. The van der Waals surface area contributed by atoms with Crippen LogP contribution in [0.3, 0.4) is 0 Å². The Labute approximate surface area is 124 Å². The summed E-state index contributed by atoms with van der Waals surface area (Å²) in [6.07, 6.45) is 1.43. The second kappa shape index (κ2) is 6.78. The first-order valence-corrected chi connectivity index (χ1v) is 7.25. The zero-order chi connectivity index (χ0) is 13.9. The molecule has 0 spiro atoms. The Balaban J connectivity index is 0.00000200. The van der Waals surface area contributed by atoms with Crippen molar-refractivity contribution >= 4 is 22.2 Å². The highest BCUT2D eigenvalue weighted by Gasteiger charge is 2.30. The summed E-state index contributed by atoms with van der Waals surface area (Å²) in [5, 5.41) is -0.879. The molecule has 0 aliphatic carbocycles. The van der Waals surface area contributed by atoms with Crippen LogP contribution in [-0.2, 0) is 9.84 Å². The van der Waals surface area contributed by atoms with Crippen LogP contribution < -0.4 is 10.5 Å². The zero-order valence-corrected chi connectivity index (χ0v) is 12.5. The van der Waals surface area contributed by atoms with Crippen molar-refractivity contribution in [1.82, 2.24) is 0 Å². The Kier molecular flexibility index (Phi) is 5.62. The smallest absolute Gasteiger partial charge is 0.189 e. The van der Waals surface area contributed by atoms with Crippen molar-refractivity contribution in [3.63, 3.8) is 0 Å². The third-order valence-corrected chi connectivity index (χ3v) is 4.94. The summed E-state index contributed by atoms with van der Waals surface area (Å²) in [5.74, 6) is 0.944. The third-order valence-electron chi connectivity index (χ3n) is 2.84. The molecule has 0 aliphatic rings. The number of sulfone groups is 1. The lowest BCUT2D eigenvalue weighted by Gasteiger charge is -2.13. The molecular formula is C13H16ClNO4S. The summed E-state index contributed by atoms with van der Waals surface area (Å²) in [5.41, 5.74) is 5.58. The lowest BCUT2D eigenvalue weighted by molar-refractivity contribution is 0.414. The van der Waals surface area contributed by atoms with Gasteiger partial charge in [0.05, 0.1) is 18.3 Å². The molecule has 5 nitrogen and oxygen atoms in total. The largest absolute Gasteiger partial charge is 0.497 e. The van der Waals surface area contributed by atoms with Crippen molar-refractivity contribution in [1.29, 1.82) is 0 Å². The molecule has 0 fully saturated rings. The highest BCUT2D eigenvalue weighted by atomic mass is 35.5. The number of methoxy groups -OCH3 is 1. The van der Waals surface area contributed by atoms with Gasteiger partial charge in [0.2, 0.25) is 0 Å². The Morgan fingerprint density at radius 1 is 1.25 bits per heavy atom. The summed E-state index contributed by atoms with van der Waals surface area (Å²) >= 11 is 0. The van der Waals surface area contributed by atoms with E-state index >= 15 is 0 Å². The van der Waals surface area contributed by atoms with Crippen molar-refractivity contribution in [2.75, 3.05) is 13.7 Å². The van der Waals surface area contributed by atoms with Crippen LogP contribution >= 0.6 is 12.4 Å². The molecule has 1 aromatic heterocycles. The van der Waals surface area contributed by atoms with E-state index in [9.17, 15) is 8.42 Å². The third kappa shape index (κ3) is 3.15. The number of hydrogen-bond acceptors (Lipinski definition) is 5. The fourth-order valence-corrected chi connectivity index (χ4v) is 3.34. The van der Waals surface area contributed by atoms with Crippen LogP contribution in [0.5, 0.6) is 5.75 Å². The number of ether oxygens (including phenoxy) is 1. The predicted octanol–water partition coefficient (Wildman–Crippen LogP) is 2.18. The standard InChI is InChI=1S/C13H15NO4S.ClH/c1-17-10-4-6-11(7-5-10)19(15,16)13(9-14)12-3-2-8-18-12;/h2-8,13H,9,14H2,1H3;1H. The van der Waals surface area contributed by atoms with Gasteiger partial charge in [0.1, 0.15) is 16.8 Å². The molecule has 1 aromatic carbocycles. The van der Waals surface area contributed by atoms with E-state index in [-0.39, 0.29) is 23.8 Å². The molecule has 0 amide bonds. The number of halogens is 1. The molecule has 2 N–H and O–H groups in total. The van der Waals surface area contributed by atoms with Gasteiger partial charge < -0.3 is 14.9 Å². The number of benzene rings is 1. The summed E-state index contributed by atoms with van der Waals surface area (Å²) in [4.78, 5) is 0.195. The van der Waals surface area contributed by atoms with Gasteiger partial charge in [0.15, 0.2) is 9.84 Å². The predicted molar refractivity (Wildman–Crippen MR) is 77.9 cm³/mol. The molecule has 0 aliphatic heterocycles. The minimum absolute atomic E-state index is 0. The molecule has 20 heavy (non-hydrogen) atoms. The van der Waals surface area contributed by atoms with Gasteiger partial charge in [-0.2, -0.15) is 0 Å². The van der Waals surface area contributed by atoms with Gasteiger partial charge in [-0.05, 0) is 36.4 Å². The monoisotopic (exact) mass is 317 g/mol. The van der Waals surface area contributed by atoms with E-state index in [4.69, 9.17) is 14.9 Å². The van der Waals surface area contributed by atoms with E-state index in [0.717, 1.165) is 0 Å². The summed E-state index contributed by atoms with van der Waals surface area (Å²) < 4.78 is 35.1. The summed E-state index contributed by atoms with van der Waals surface area (Å²) in [7, 11) is -2.05. The fourth-order valence-electron chi connectivity index (χ4n) is 1.80. The Morgan fingerprint density at radius 2 is 1.90 bits per heavy atom. The molecule has 1 unspecified atom stereocenters. The van der Waals surface area contributed by atoms with Gasteiger partial charge in [-0.15, -0.1) is 12.4 Å². The molecule has 2 aromatic rings. The highest BCUT2D eigenvalue weighted by Crippen LogP contribution is 2.29. The normalized spacial score (nSPS) is 12.5. The molecule has 110 valence electrons. The van der Waals surface area contributed by atoms with E-state index in [1.165, 1.54) is 25.5 Å². The van der Waals surface area contributed by atoms with Gasteiger partial charge >= 0.3 is 0 Å². The molecule has 1 atom stereocenters. The molecule has 2 rings (SSSR count). The van der Waals surface area contributed by atoms with E-state index in [1.807, 2.05) is 0 Å². The van der Waals surface area contributed by atoms with Crippen molar-refractivity contribution in [3.05, 3.63) is 48.4 Å². The van der Waals surface area contributed by atoms with Crippen LogP contribution in [0.1, 0.15) is 11.0 Å². The molecule has 0 radical (unpaired) electrons. The van der Waals surface area contributed by atoms with Crippen molar-refractivity contribution in [2.24, 2.45) is 5.73 Å². The maximum absolute atomic E-state index is 12.5. The van der Waals surface area contributed by atoms with Crippen LogP contribution in [0.25, 0.3) is 0 Å². The molecule has 0 bridgehead atoms. The lowest BCUT2D eigenvalue weighted by Crippen LogP contribution is -2.21. The molecular weight excluding hydrogens is 302 g/mol. The summed E-state index contributed by atoms with van der Waals surface area (Å²) in [6.45, 7) is -0.0398. The van der Waals surface area contributed by atoms with Crippen molar-refractivity contribution in [2.45, 2.75) is 10.1 Å². The fraction of sp³-hybridized carbons (Fsp3) is 0.231. The number of rotatable bonds is 5. The SMILES string of the molecule is COc1ccc(S(=O)(=O)C(CN)c2ccco2)cc1.Cl. The molecule has 0 saturated carbocycles. The second-order valence-electron chi connectivity index (χ2n) is 3.96. The topological polar surface area (TPSA) is 82.5 Å². The van der Waals surface area contributed by atoms with Gasteiger partial charge in [-0.25, -0.2) is 8.42 Å². The maximum atomic E-state index is 12.5. The van der Waals surface area contributed by atoms with Gasteiger partial charge in [-0.3, -0.25) is 0 Å². The van der Waals surface area contributed by atoms with E-state index in [0.29, 0.717) is 11.5 Å². The molecule has 7 heteroatoms. The van der Waals surface area contributed by atoms with Crippen LogP contribution in [0.2, 0.25) is 0 Å². The first-order valence-electron chi connectivity index (χ1n) is 5.71. The average Bonchev–Trinajstić information content (AvgIpc) is 2.93. The Morgan fingerprint density at radius 3 is 2.35 bits per heavy atom. The van der Waals surface area contributed by atoms with Gasteiger partial charge in [-0.1, -0.05) is 0 Å². The molecule has 1 heterocycles. The lowest BCUT2D eigenvalue weighted by atomic mass is 10.3. The number of furan rings is 1. The zero-order valence-electron chi connectivity index (χ0n) is 10.9. The minimum atomic E-state index is -3.57. The van der Waals surface area contributed by atoms with E-state index < -0.39 is 15.1 Å². The number of hydrogen-bond donors (Lipinski definition) is 1. The maximum Gasteiger partial charge on any atom is 0.189 e. The first-order chi connectivity index (χ1) is 9.09.